The van der Waals surface area contributed by atoms with E-state index in [0.29, 0.717) is 29.1 Å². The van der Waals surface area contributed by atoms with Crippen LogP contribution in [-0.2, 0) is 16.0 Å². The van der Waals surface area contributed by atoms with Gasteiger partial charge in [-0.2, -0.15) is 0 Å². The quantitative estimate of drug-likeness (QED) is 0.373. The van der Waals surface area contributed by atoms with Gasteiger partial charge in [-0.05, 0) is 48.9 Å². The zero-order chi connectivity index (χ0) is 23.1. The summed E-state index contributed by atoms with van der Waals surface area (Å²) >= 11 is 0. The highest BCUT2D eigenvalue weighted by Crippen LogP contribution is 2.44. The average molecular weight is 442 g/mol. The first-order valence-corrected chi connectivity index (χ1v) is 10.6. The molecule has 33 heavy (non-hydrogen) atoms. The number of hydrogen-bond acceptors (Lipinski definition) is 6. The lowest BCUT2D eigenvalue weighted by Gasteiger charge is -2.25. The Bertz CT molecular complexity index is 1280. The van der Waals surface area contributed by atoms with Gasteiger partial charge in [-0.15, -0.1) is 0 Å². The first-order chi connectivity index (χ1) is 16.0. The molecule has 0 saturated carbocycles. The zero-order valence-electron chi connectivity index (χ0n) is 18.2. The van der Waals surface area contributed by atoms with Crippen LogP contribution in [0.15, 0.2) is 72.4 Å². The number of aliphatic hydroxyl groups excluding tert-OH is 1. The Labute approximate surface area is 190 Å². The van der Waals surface area contributed by atoms with Gasteiger partial charge in [0.2, 0.25) is 0 Å². The lowest BCUT2D eigenvalue weighted by molar-refractivity contribution is -0.132. The number of Topliss-reactive ketones (excluding diaryl/α,β-unsaturated/α-hetero) is 1. The first-order valence-electron chi connectivity index (χ1n) is 10.6. The van der Waals surface area contributed by atoms with E-state index in [0.717, 1.165) is 11.3 Å². The number of para-hydroxylation sites is 1. The normalized spacial score (nSPS) is 21.1. The van der Waals surface area contributed by atoms with E-state index in [-0.39, 0.29) is 17.4 Å². The number of benzene rings is 2. The predicted octanol–water partition coefficient (Wildman–Crippen LogP) is 4.04. The summed E-state index contributed by atoms with van der Waals surface area (Å²) in [6.45, 7) is 1.97. The SMILES string of the molecule is COc1ccccc1C1C(=C(O)c2ccc3c(c2)CC(C)O3)C(=O)C(=O)N1c1ccccn1. The summed E-state index contributed by atoms with van der Waals surface area (Å²) in [5.41, 5.74) is 1.95. The summed E-state index contributed by atoms with van der Waals surface area (Å²) in [6, 6.07) is 16.6. The van der Waals surface area contributed by atoms with Crippen molar-refractivity contribution in [2.75, 3.05) is 12.0 Å². The molecule has 2 aliphatic heterocycles. The van der Waals surface area contributed by atoms with Crippen molar-refractivity contribution in [2.24, 2.45) is 0 Å². The Kier molecular flexibility index (Phi) is 5.09. The van der Waals surface area contributed by atoms with Gasteiger partial charge in [0.1, 0.15) is 35.2 Å². The molecule has 166 valence electrons. The number of aromatic nitrogens is 1. The number of hydrogen-bond donors (Lipinski definition) is 1. The highest BCUT2D eigenvalue weighted by Gasteiger charge is 2.48. The van der Waals surface area contributed by atoms with Gasteiger partial charge < -0.3 is 14.6 Å². The van der Waals surface area contributed by atoms with E-state index < -0.39 is 17.7 Å². The fourth-order valence-electron chi connectivity index (χ4n) is 4.48. The van der Waals surface area contributed by atoms with Crippen molar-refractivity contribution in [1.29, 1.82) is 0 Å². The molecule has 1 saturated heterocycles. The fourth-order valence-corrected chi connectivity index (χ4v) is 4.48. The van der Waals surface area contributed by atoms with Gasteiger partial charge in [-0.1, -0.05) is 24.3 Å². The van der Waals surface area contributed by atoms with Gasteiger partial charge in [0, 0.05) is 23.7 Å². The molecule has 1 amide bonds. The first kappa shape index (κ1) is 20.8. The molecule has 1 fully saturated rings. The van der Waals surface area contributed by atoms with Crippen LogP contribution in [0, 0.1) is 0 Å². The van der Waals surface area contributed by atoms with Crippen molar-refractivity contribution in [1.82, 2.24) is 4.98 Å². The molecule has 2 unspecified atom stereocenters. The molecule has 1 aromatic heterocycles. The van der Waals surface area contributed by atoms with Gasteiger partial charge >= 0.3 is 5.91 Å². The minimum Gasteiger partial charge on any atom is -0.507 e. The van der Waals surface area contributed by atoms with Crippen LogP contribution in [-0.4, -0.2) is 35.0 Å². The van der Waals surface area contributed by atoms with Crippen LogP contribution in [0.4, 0.5) is 5.82 Å². The summed E-state index contributed by atoms with van der Waals surface area (Å²) in [7, 11) is 1.52. The highest BCUT2D eigenvalue weighted by atomic mass is 16.5. The third-order valence-electron chi connectivity index (χ3n) is 5.94. The van der Waals surface area contributed by atoms with E-state index in [9.17, 15) is 14.7 Å². The molecule has 2 aromatic carbocycles. The fraction of sp³-hybridized carbons (Fsp3) is 0.192. The number of ether oxygens (including phenoxy) is 2. The van der Waals surface area contributed by atoms with E-state index in [1.807, 2.05) is 13.0 Å². The van der Waals surface area contributed by atoms with Crippen LogP contribution in [0.1, 0.15) is 29.7 Å². The molecule has 2 atom stereocenters. The standard InChI is InChI=1S/C26H22N2O5/c1-15-13-17-14-16(10-11-19(17)33-15)24(29)22-23(18-7-3-4-8-20(18)32-2)28(26(31)25(22)30)21-9-5-6-12-27-21/h3-12,14-15,23,29H,13H2,1-2H3. The molecule has 7 nitrogen and oxygen atoms in total. The number of methoxy groups -OCH3 is 1. The number of amides is 1. The lowest BCUT2D eigenvalue weighted by Crippen LogP contribution is -2.30. The number of rotatable bonds is 4. The molecular formula is C26H22N2O5. The Morgan fingerprint density at radius 1 is 1.12 bits per heavy atom. The van der Waals surface area contributed by atoms with Crippen LogP contribution in [0.2, 0.25) is 0 Å². The highest BCUT2D eigenvalue weighted by molar-refractivity contribution is 6.51. The molecule has 0 bridgehead atoms. The second-order valence-electron chi connectivity index (χ2n) is 8.05. The molecule has 3 aromatic rings. The summed E-state index contributed by atoms with van der Waals surface area (Å²) in [6.07, 6.45) is 2.30. The monoisotopic (exact) mass is 442 g/mol. The maximum atomic E-state index is 13.3. The van der Waals surface area contributed by atoms with E-state index in [1.54, 1.807) is 60.8 Å². The van der Waals surface area contributed by atoms with E-state index in [4.69, 9.17) is 9.47 Å². The van der Waals surface area contributed by atoms with Crippen molar-refractivity contribution in [3.05, 3.63) is 89.1 Å². The largest absolute Gasteiger partial charge is 0.507 e. The van der Waals surface area contributed by atoms with Crippen LogP contribution in [0.25, 0.3) is 5.76 Å². The Hall–Kier alpha value is -4.13. The summed E-state index contributed by atoms with van der Waals surface area (Å²) in [5.74, 6) is -0.221. The van der Waals surface area contributed by atoms with E-state index >= 15 is 0 Å². The van der Waals surface area contributed by atoms with Gasteiger partial charge in [-0.3, -0.25) is 14.5 Å². The van der Waals surface area contributed by atoms with Crippen molar-refractivity contribution in [3.8, 4) is 11.5 Å². The van der Waals surface area contributed by atoms with Gasteiger partial charge in [0.25, 0.3) is 5.78 Å². The number of anilines is 1. The maximum absolute atomic E-state index is 13.3. The number of carbonyl (C=O) groups excluding carboxylic acids is 2. The number of pyridine rings is 1. The topological polar surface area (TPSA) is 89.0 Å². The number of nitrogens with zero attached hydrogens (tertiary/aromatic N) is 2. The number of fused-ring (bicyclic) bond motifs is 1. The van der Waals surface area contributed by atoms with Crippen molar-refractivity contribution < 1.29 is 24.2 Å². The van der Waals surface area contributed by atoms with Crippen LogP contribution >= 0.6 is 0 Å². The second kappa shape index (κ2) is 8.09. The number of carbonyl (C=O) groups is 2. The molecule has 7 heteroatoms. The van der Waals surface area contributed by atoms with Crippen molar-refractivity contribution in [3.63, 3.8) is 0 Å². The summed E-state index contributed by atoms with van der Waals surface area (Å²) in [4.78, 5) is 32.1. The third kappa shape index (κ3) is 3.42. The minimum atomic E-state index is -0.903. The van der Waals surface area contributed by atoms with Gasteiger partial charge in [0.05, 0.1) is 12.7 Å². The van der Waals surface area contributed by atoms with Crippen molar-refractivity contribution >= 4 is 23.3 Å². The minimum absolute atomic E-state index is 0.0120. The Morgan fingerprint density at radius 3 is 2.67 bits per heavy atom. The molecule has 0 aliphatic carbocycles. The van der Waals surface area contributed by atoms with Gasteiger partial charge in [-0.25, -0.2) is 4.98 Å². The molecule has 3 heterocycles. The average Bonchev–Trinajstić information content (AvgIpc) is 3.34. The molecule has 5 rings (SSSR count). The number of ketones is 1. The van der Waals surface area contributed by atoms with Crippen LogP contribution in [0.3, 0.4) is 0 Å². The summed E-state index contributed by atoms with van der Waals surface area (Å²) < 4.78 is 11.3. The summed E-state index contributed by atoms with van der Waals surface area (Å²) in [5, 5.41) is 11.3. The second-order valence-corrected chi connectivity index (χ2v) is 8.05. The third-order valence-corrected chi connectivity index (χ3v) is 5.94. The molecule has 0 spiro atoms. The number of aliphatic hydroxyl groups is 1. The van der Waals surface area contributed by atoms with E-state index in [1.165, 1.54) is 12.0 Å². The predicted molar refractivity (Wildman–Crippen MR) is 122 cm³/mol. The lowest BCUT2D eigenvalue weighted by atomic mass is 9.94. The molecule has 0 radical (unpaired) electrons. The van der Waals surface area contributed by atoms with Crippen LogP contribution < -0.4 is 14.4 Å². The molecular weight excluding hydrogens is 420 g/mol. The van der Waals surface area contributed by atoms with Crippen molar-refractivity contribution in [2.45, 2.75) is 25.5 Å². The molecule has 2 aliphatic rings. The zero-order valence-corrected chi connectivity index (χ0v) is 18.2. The molecule has 1 N–H and O–H groups in total. The smallest absolute Gasteiger partial charge is 0.301 e. The van der Waals surface area contributed by atoms with E-state index in [2.05, 4.69) is 4.98 Å². The van der Waals surface area contributed by atoms with Gasteiger partial charge in [0.15, 0.2) is 0 Å². The Morgan fingerprint density at radius 2 is 1.91 bits per heavy atom. The maximum Gasteiger partial charge on any atom is 0.301 e. The Balaban J connectivity index is 1.72. The van der Waals surface area contributed by atoms with Crippen LogP contribution in [0.5, 0.6) is 11.5 Å².